The van der Waals surface area contributed by atoms with Crippen LogP contribution in [-0.4, -0.2) is 25.0 Å². The van der Waals surface area contributed by atoms with Crippen molar-refractivity contribution in [1.82, 2.24) is 4.57 Å². The van der Waals surface area contributed by atoms with Crippen molar-refractivity contribution in [3.63, 3.8) is 0 Å². The van der Waals surface area contributed by atoms with E-state index < -0.39 is 11.1 Å². The molecule has 0 amide bonds. The third-order valence-corrected chi connectivity index (χ3v) is 4.87. The van der Waals surface area contributed by atoms with Crippen molar-refractivity contribution in [1.29, 1.82) is 0 Å². The fourth-order valence-electron chi connectivity index (χ4n) is 3.07. The largest absolute Gasteiger partial charge is 0.396 e. The summed E-state index contributed by atoms with van der Waals surface area (Å²) in [4.78, 5) is 0. The molecule has 0 radical (unpaired) electrons. The molecule has 3 aromatic rings. The van der Waals surface area contributed by atoms with Gasteiger partial charge in [-0.3, -0.25) is 0 Å². The van der Waals surface area contributed by atoms with Crippen LogP contribution in [0.4, 0.5) is 0 Å². The normalized spacial score (nSPS) is 12.3. The number of aliphatic hydroxyl groups is 1. The molecule has 0 aliphatic rings. The molecule has 4 nitrogen and oxygen atoms in total. The highest BCUT2D eigenvalue weighted by Gasteiger charge is 2.14. The van der Waals surface area contributed by atoms with Crippen LogP contribution in [0.3, 0.4) is 0 Å². The van der Waals surface area contributed by atoms with Crippen molar-refractivity contribution in [2.45, 2.75) is 19.1 Å². The lowest BCUT2D eigenvalue weighted by Gasteiger charge is -2.12. The number of benzene rings is 2. The Morgan fingerprint density at radius 3 is 2.32 bits per heavy atom. The Morgan fingerprint density at radius 1 is 1.04 bits per heavy atom. The highest BCUT2D eigenvalue weighted by molar-refractivity contribution is 7.78. The van der Waals surface area contributed by atoms with Crippen molar-refractivity contribution in [2.24, 2.45) is 0 Å². The van der Waals surface area contributed by atoms with Crippen molar-refractivity contribution in [3.8, 4) is 16.9 Å². The Balaban J connectivity index is 2.08. The third kappa shape index (κ3) is 3.90. The van der Waals surface area contributed by atoms with Crippen molar-refractivity contribution in [2.75, 3.05) is 6.61 Å². The van der Waals surface area contributed by atoms with Gasteiger partial charge >= 0.3 is 0 Å². The highest BCUT2D eigenvalue weighted by Crippen LogP contribution is 2.30. The molecule has 1 atom stereocenters. The number of rotatable bonds is 6. The summed E-state index contributed by atoms with van der Waals surface area (Å²) in [5, 5.41) is 9.34. The molecule has 1 unspecified atom stereocenters. The van der Waals surface area contributed by atoms with Crippen LogP contribution in [0, 0.1) is 6.92 Å². The van der Waals surface area contributed by atoms with Gasteiger partial charge in [0, 0.05) is 18.0 Å². The van der Waals surface area contributed by atoms with Crippen molar-refractivity contribution < 1.29 is 13.9 Å². The van der Waals surface area contributed by atoms with Gasteiger partial charge in [-0.05, 0) is 48.2 Å². The minimum atomic E-state index is -1.84. The van der Waals surface area contributed by atoms with Crippen LogP contribution in [-0.2, 0) is 23.3 Å². The molecular weight excluding hydrogens is 334 g/mol. The van der Waals surface area contributed by atoms with E-state index in [4.69, 9.17) is 4.55 Å². The average molecular weight is 355 g/mol. The molecule has 0 spiro atoms. The maximum atomic E-state index is 11.0. The van der Waals surface area contributed by atoms with E-state index in [0.717, 1.165) is 33.8 Å². The second-order valence-corrected chi connectivity index (χ2v) is 6.88. The first-order valence-electron chi connectivity index (χ1n) is 8.14. The van der Waals surface area contributed by atoms with Gasteiger partial charge in [-0.1, -0.05) is 42.5 Å². The fraction of sp³-hybridized carbons (Fsp3) is 0.200. The Bertz CT molecular complexity index is 870. The van der Waals surface area contributed by atoms with Gasteiger partial charge in [-0.15, -0.1) is 0 Å². The predicted molar refractivity (Wildman–Crippen MR) is 101 cm³/mol. The maximum Gasteiger partial charge on any atom is 0.157 e. The minimum absolute atomic E-state index is 0.111. The topological polar surface area (TPSA) is 62.5 Å². The summed E-state index contributed by atoms with van der Waals surface area (Å²) in [6.07, 6.45) is 0.611. The Hall–Kier alpha value is -2.21. The molecule has 1 aromatic heterocycles. The van der Waals surface area contributed by atoms with E-state index in [1.165, 1.54) is 0 Å². The van der Waals surface area contributed by atoms with Crippen LogP contribution in [0.5, 0.6) is 0 Å². The van der Waals surface area contributed by atoms with Gasteiger partial charge in [0.1, 0.15) is 0 Å². The van der Waals surface area contributed by atoms with Gasteiger partial charge in [0.15, 0.2) is 11.1 Å². The Kier molecular flexibility index (Phi) is 5.48. The van der Waals surface area contributed by atoms with E-state index in [9.17, 15) is 9.32 Å². The standard InChI is InChI=1S/C20H21NO3S/c1-15-18(11-12-22)13-20(21(15)19-5-3-2-4-6-19)17-9-7-16(8-10-17)14-25(23)24/h2-10,13,22H,11-12,14H2,1H3,(H,23,24). The molecule has 2 N–H and O–H groups in total. The van der Waals surface area contributed by atoms with Crippen LogP contribution in [0.15, 0.2) is 60.7 Å². The molecular formula is C20H21NO3S. The summed E-state index contributed by atoms with van der Waals surface area (Å²) >= 11 is -1.84. The lowest BCUT2D eigenvalue weighted by atomic mass is 10.1. The first-order valence-corrected chi connectivity index (χ1v) is 9.42. The first-order chi connectivity index (χ1) is 12.1. The summed E-state index contributed by atoms with van der Waals surface area (Å²) in [5.41, 5.74) is 6.19. The molecule has 3 rings (SSSR count). The molecule has 1 heterocycles. The lowest BCUT2D eigenvalue weighted by Crippen LogP contribution is -2.00. The number of aromatic nitrogens is 1. The van der Waals surface area contributed by atoms with E-state index in [-0.39, 0.29) is 12.4 Å². The average Bonchev–Trinajstić information content (AvgIpc) is 2.93. The second-order valence-electron chi connectivity index (χ2n) is 5.95. The SMILES string of the molecule is Cc1c(CCO)cc(-c2ccc(CS(=O)O)cc2)n1-c1ccccc1. The number of aliphatic hydroxyl groups excluding tert-OH is 1. The van der Waals surface area contributed by atoms with Crippen molar-refractivity contribution in [3.05, 3.63) is 77.5 Å². The van der Waals surface area contributed by atoms with Gasteiger partial charge < -0.3 is 14.2 Å². The lowest BCUT2D eigenvalue weighted by molar-refractivity contribution is 0.299. The number of hydrogen-bond acceptors (Lipinski definition) is 2. The molecule has 2 aromatic carbocycles. The molecule has 0 aliphatic carbocycles. The zero-order valence-corrected chi connectivity index (χ0v) is 14.9. The van der Waals surface area contributed by atoms with E-state index in [2.05, 4.69) is 29.7 Å². The number of para-hydroxylation sites is 1. The number of nitrogens with zero attached hydrogens (tertiary/aromatic N) is 1. The van der Waals surface area contributed by atoms with E-state index in [0.29, 0.717) is 6.42 Å². The fourth-order valence-corrected chi connectivity index (χ4v) is 3.55. The smallest absolute Gasteiger partial charge is 0.157 e. The molecule has 0 bridgehead atoms. The van der Waals surface area contributed by atoms with Gasteiger partial charge in [0.25, 0.3) is 0 Å². The monoisotopic (exact) mass is 355 g/mol. The van der Waals surface area contributed by atoms with Gasteiger partial charge in [0.05, 0.1) is 11.4 Å². The van der Waals surface area contributed by atoms with Crippen LogP contribution in [0.2, 0.25) is 0 Å². The van der Waals surface area contributed by atoms with Crippen LogP contribution >= 0.6 is 0 Å². The summed E-state index contributed by atoms with van der Waals surface area (Å²) in [6, 6.07) is 19.9. The molecule has 0 saturated carbocycles. The molecule has 5 heteroatoms. The van der Waals surface area contributed by atoms with Crippen LogP contribution in [0.1, 0.15) is 16.8 Å². The summed E-state index contributed by atoms with van der Waals surface area (Å²) < 4.78 is 22.2. The van der Waals surface area contributed by atoms with Gasteiger partial charge in [0.2, 0.25) is 0 Å². The molecule has 0 fully saturated rings. The zero-order chi connectivity index (χ0) is 17.8. The Morgan fingerprint density at radius 2 is 1.72 bits per heavy atom. The van der Waals surface area contributed by atoms with Gasteiger partial charge in [-0.2, -0.15) is 0 Å². The van der Waals surface area contributed by atoms with Crippen LogP contribution in [0.25, 0.3) is 16.9 Å². The second kappa shape index (κ2) is 7.78. The number of hydrogen-bond donors (Lipinski definition) is 2. The quantitative estimate of drug-likeness (QED) is 0.663. The van der Waals surface area contributed by atoms with E-state index >= 15 is 0 Å². The summed E-state index contributed by atoms with van der Waals surface area (Å²) in [7, 11) is 0. The minimum Gasteiger partial charge on any atom is -0.396 e. The van der Waals surface area contributed by atoms with Gasteiger partial charge in [-0.25, -0.2) is 4.21 Å². The molecule has 25 heavy (non-hydrogen) atoms. The van der Waals surface area contributed by atoms with Crippen molar-refractivity contribution >= 4 is 11.1 Å². The Labute approximate surface area is 150 Å². The maximum absolute atomic E-state index is 11.0. The third-order valence-electron chi connectivity index (χ3n) is 4.29. The summed E-state index contributed by atoms with van der Waals surface area (Å²) in [6.45, 7) is 2.17. The first kappa shape index (κ1) is 17.6. The van der Waals surface area contributed by atoms with E-state index in [1.54, 1.807) is 0 Å². The zero-order valence-electron chi connectivity index (χ0n) is 14.1. The summed E-state index contributed by atoms with van der Waals surface area (Å²) in [5.74, 6) is 0.134. The van der Waals surface area contributed by atoms with Crippen LogP contribution < -0.4 is 0 Å². The molecule has 0 saturated heterocycles. The highest BCUT2D eigenvalue weighted by atomic mass is 32.2. The predicted octanol–water partition coefficient (Wildman–Crippen LogP) is 3.71. The molecule has 130 valence electrons. The molecule has 0 aliphatic heterocycles. The van der Waals surface area contributed by atoms with E-state index in [1.807, 2.05) is 42.5 Å².